The van der Waals surface area contributed by atoms with Crippen LogP contribution in [0.4, 0.5) is 10.5 Å². The quantitative estimate of drug-likeness (QED) is 0.356. The molecule has 0 radical (unpaired) electrons. The molecule has 0 aliphatic carbocycles. The lowest BCUT2D eigenvalue weighted by Gasteiger charge is -2.42. The molecule has 0 saturated heterocycles. The van der Waals surface area contributed by atoms with Crippen LogP contribution in [0.1, 0.15) is 65.6 Å². The van der Waals surface area contributed by atoms with E-state index in [4.69, 9.17) is 4.74 Å². The molecule has 0 bridgehead atoms. The van der Waals surface area contributed by atoms with Crippen LogP contribution in [0, 0.1) is 6.92 Å². The number of benzene rings is 3. The molecule has 3 N–H and O–H groups in total. The molecule has 39 heavy (non-hydrogen) atoms. The van der Waals surface area contributed by atoms with Gasteiger partial charge in [0, 0.05) is 11.2 Å². The number of rotatable bonds is 6. The van der Waals surface area contributed by atoms with Crippen molar-refractivity contribution in [2.45, 2.75) is 78.6 Å². The minimum Gasteiger partial charge on any atom is -0.508 e. The van der Waals surface area contributed by atoms with E-state index in [1.165, 1.54) is 11.0 Å². The maximum absolute atomic E-state index is 14.0. The number of amides is 3. The smallest absolute Gasteiger partial charge is 0.408 e. The Balaban J connectivity index is 2.02. The highest BCUT2D eigenvalue weighted by atomic mass is 16.6. The molecular formula is C31H39N3O5. The van der Waals surface area contributed by atoms with Crippen molar-refractivity contribution in [3.8, 4) is 5.75 Å². The number of anilines is 1. The number of nitrogens with one attached hydrogen (secondary N) is 2. The molecule has 208 valence electrons. The van der Waals surface area contributed by atoms with Crippen LogP contribution >= 0.6 is 0 Å². The average Bonchev–Trinajstić information content (AvgIpc) is 2.81. The van der Waals surface area contributed by atoms with E-state index in [1.807, 2.05) is 63.2 Å². The number of aryl methyl sites for hydroxylation is 1. The summed E-state index contributed by atoms with van der Waals surface area (Å²) < 4.78 is 5.33. The van der Waals surface area contributed by atoms with Crippen molar-refractivity contribution < 1.29 is 24.2 Å². The fourth-order valence-corrected chi connectivity index (χ4v) is 4.34. The molecule has 3 aromatic carbocycles. The molecule has 3 amide bonds. The molecule has 2 atom stereocenters. The van der Waals surface area contributed by atoms with Gasteiger partial charge in [0.1, 0.15) is 23.4 Å². The number of aromatic hydroxyl groups is 1. The van der Waals surface area contributed by atoms with Gasteiger partial charge in [-0.05, 0) is 102 Å². The monoisotopic (exact) mass is 533 g/mol. The lowest BCUT2D eigenvalue weighted by Crippen LogP contribution is -2.57. The number of hydrogen-bond donors (Lipinski definition) is 3. The highest BCUT2D eigenvalue weighted by Crippen LogP contribution is 2.33. The number of nitrogens with zero attached hydrogens (tertiary/aromatic N) is 1. The summed E-state index contributed by atoms with van der Waals surface area (Å²) in [4.78, 5) is 41.8. The zero-order valence-electron chi connectivity index (χ0n) is 24.0. The molecule has 2 unspecified atom stereocenters. The third-order valence-corrected chi connectivity index (χ3v) is 6.12. The lowest BCUT2D eigenvalue weighted by atomic mass is 9.94. The molecule has 0 aliphatic heterocycles. The van der Waals surface area contributed by atoms with Crippen molar-refractivity contribution in [3.63, 3.8) is 0 Å². The van der Waals surface area contributed by atoms with Crippen LogP contribution in [0.25, 0.3) is 10.8 Å². The first-order valence-electron chi connectivity index (χ1n) is 13.0. The second kappa shape index (κ2) is 11.4. The van der Waals surface area contributed by atoms with Crippen molar-refractivity contribution in [1.82, 2.24) is 10.2 Å². The summed E-state index contributed by atoms with van der Waals surface area (Å²) in [7, 11) is 0. The van der Waals surface area contributed by atoms with Crippen LogP contribution in [-0.2, 0) is 14.3 Å². The first kappa shape index (κ1) is 29.5. The molecule has 3 rings (SSSR count). The van der Waals surface area contributed by atoms with E-state index in [-0.39, 0.29) is 5.75 Å². The van der Waals surface area contributed by atoms with Crippen LogP contribution in [0.15, 0.2) is 60.7 Å². The summed E-state index contributed by atoms with van der Waals surface area (Å²) >= 11 is 0. The van der Waals surface area contributed by atoms with Gasteiger partial charge in [0.15, 0.2) is 0 Å². The summed E-state index contributed by atoms with van der Waals surface area (Å²) in [5, 5.41) is 17.7. The van der Waals surface area contributed by atoms with E-state index in [1.54, 1.807) is 46.8 Å². The standard InChI is InChI=1S/C31H39N3O5/c1-19-17-23(14-16-25(19)35)26(27(36)33-24-15-13-21-11-9-10-12-22(21)18-24)34(30(3,4)5)28(37)20(2)32-29(38)39-31(6,7)8/h9-18,20,26,35H,1-8H3,(H,32,38)(H,33,36). The van der Waals surface area contributed by atoms with Gasteiger partial charge in [0.05, 0.1) is 0 Å². The van der Waals surface area contributed by atoms with Gasteiger partial charge in [0.25, 0.3) is 5.91 Å². The largest absolute Gasteiger partial charge is 0.508 e. The molecule has 0 aliphatic rings. The highest BCUT2D eigenvalue weighted by Gasteiger charge is 2.41. The van der Waals surface area contributed by atoms with Gasteiger partial charge in [-0.25, -0.2) is 4.79 Å². The van der Waals surface area contributed by atoms with Gasteiger partial charge in [-0.3, -0.25) is 9.59 Å². The Kier molecular flexibility index (Phi) is 8.58. The minimum atomic E-state index is -1.06. The Morgan fingerprint density at radius 2 is 1.54 bits per heavy atom. The maximum Gasteiger partial charge on any atom is 0.408 e. The van der Waals surface area contributed by atoms with E-state index < -0.39 is 41.1 Å². The van der Waals surface area contributed by atoms with E-state index in [0.717, 1.165) is 10.8 Å². The van der Waals surface area contributed by atoms with Crippen molar-refractivity contribution in [2.75, 3.05) is 5.32 Å². The van der Waals surface area contributed by atoms with Gasteiger partial charge < -0.3 is 25.4 Å². The molecule has 0 aromatic heterocycles. The summed E-state index contributed by atoms with van der Waals surface area (Å²) in [5.41, 5.74) is 0.120. The number of hydrogen-bond acceptors (Lipinski definition) is 5. The van der Waals surface area contributed by atoms with E-state index >= 15 is 0 Å². The molecule has 8 nitrogen and oxygen atoms in total. The zero-order valence-corrected chi connectivity index (χ0v) is 24.0. The van der Waals surface area contributed by atoms with E-state index in [9.17, 15) is 19.5 Å². The Morgan fingerprint density at radius 1 is 0.897 bits per heavy atom. The zero-order chi connectivity index (χ0) is 29.1. The third-order valence-electron chi connectivity index (χ3n) is 6.12. The maximum atomic E-state index is 14.0. The van der Waals surface area contributed by atoms with E-state index in [2.05, 4.69) is 10.6 Å². The summed E-state index contributed by atoms with van der Waals surface area (Å²) in [6.07, 6.45) is -0.727. The summed E-state index contributed by atoms with van der Waals surface area (Å²) in [5.74, 6) is -0.804. The summed E-state index contributed by atoms with van der Waals surface area (Å²) in [6.45, 7) is 14.0. The average molecular weight is 534 g/mol. The molecule has 3 aromatic rings. The highest BCUT2D eigenvalue weighted by molar-refractivity contribution is 6.00. The number of fused-ring (bicyclic) bond motifs is 1. The molecule has 0 heterocycles. The Bertz CT molecular complexity index is 1370. The Morgan fingerprint density at radius 3 is 2.13 bits per heavy atom. The minimum absolute atomic E-state index is 0.0843. The molecule has 8 heteroatoms. The molecular weight excluding hydrogens is 494 g/mol. The van der Waals surface area contributed by atoms with Crippen molar-refractivity contribution >= 4 is 34.4 Å². The van der Waals surface area contributed by atoms with Crippen LogP contribution in [0.5, 0.6) is 5.75 Å². The van der Waals surface area contributed by atoms with Crippen molar-refractivity contribution in [2.24, 2.45) is 0 Å². The van der Waals surface area contributed by atoms with Crippen LogP contribution in [0.3, 0.4) is 0 Å². The first-order valence-corrected chi connectivity index (χ1v) is 13.0. The number of carbonyl (C=O) groups excluding carboxylic acids is 3. The van der Waals surface area contributed by atoms with Crippen molar-refractivity contribution in [3.05, 3.63) is 71.8 Å². The fourth-order valence-electron chi connectivity index (χ4n) is 4.34. The van der Waals surface area contributed by atoms with Gasteiger partial charge in [-0.15, -0.1) is 0 Å². The second-order valence-electron chi connectivity index (χ2n) is 11.7. The number of alkyl carbamates (subject to hydrolysis) is 1. The van der Waals surface area contributed by atoms with E-state index in [0.29, 0.717) is 16.8 Å². The molecule has 0 saturated carbocycles. The van der Waals surface area contributed by atoms with Crippen LogP contribution in [0.2, 0.25) is 0 Å². The molecule has 0 fully saturated rings. The van der Waals surface area contributed by atoms with Crippen LogP contribution in [-0.4, -0.2) is 45.1 Å². The Hall–Kier alpha value is -4.07. The lowest BCUT2D eigenvalue weighted by molar-refractivity contribution is -0.146. The van der Waals surface area contributed by atoms with Gasteiger partial charge in [-0.2, -0.15) is 0 Å². The normalized spacial score (nSPS) is 13.3. The number of ether oxygens (including phenoxy) is 1. The number of phenols is 1. The first-order chi connectivity index (χ1) is 18.1. The van der Waals surface area contributed by atoms with Crippen molar-refractivity contribution in [1.29, 1.82) is 0 Å². The number of carbonyl (C=O) groups is 3. The van der Waals surface area contributed by atoms with Gasteiger partial charge >= 0.3 is 6.09 Å². The van der Waals surface area contributed by atoms with Crippen LogP contribution < -0.4 is 10.6 Å². The van der Waals surface area contributed by atoms with Gasteiger partial charge in [-0.1, -0.05) is 36.4 Å². The number of phenolic OH excluding ortho intramolecular Hbond substituents is 1. The fraction of sp³-hybridized carbons (Fsp3) is 0.387. The molecule has 0 spiro atoms. The Labute approximate surface area is 230 Å². The second-order valence-corrected chi connectivity index (χ2v) is 11.7. The SMILES string of the molecule is Cc1cc(C(C(=O)Nc2ccc3ccccc3c2)N(C(=O)C(C)NC(=O)OC(C)(C)C)C(C)(C)C)ccc1O. The summed E-state index contributed by atoms with van der Waals surface area (Å²) in [6, 6.07) is 16.2. The third kappa shape index (κ3) is 7.50. The predicted molar refractivity (Wildman–Crippen MR) is 154 cm³/mol. The van der Waals surface area contributed by atoms with Gasteiger partial charge in [0.2, 0.25) is 5.91 Å². The predicted octanol–water partition coefficient (Wildman–Crippen LogP) is 6.07. The topological polar surface area (TPSA) is 108 Å².